The fourth-order valence-electron chi connectivity index (χ4n) is 3.40. The molecule has 5 rings (SSSR count). The van der Waals surface area contributed by atoms with E-state index < -0.39 is 0 Å². The third-order valence-corrected chi connectivity index (χ3v) is 4.98. The molecule has 0 spiro atoms. The molecular formula is C26H19N3O2. The number of phenols is 1. The quantitative estimate of drug-likeness (QED) is 0.368. The van der Waals surface area contributed by atoms with Crippen LogP contribution in [-0.4, -0.2) is 21.3 Å². The van der Waals surface area contributed by atoms with Crippen LogP contribution in [-0.2, 0) is 6.42 Å². The van der Waals surface area contributed by atoms with Crippen molar-refractivity contribution in [1.29, 1.82) is 0 Å². The van der Waals surface area contributed by atoms with Crippen LogP contribution in [0.15, 0.2) is 101 Å². The zero-order valence-electron chi connectivity index (χ0n) is 16.6. The molecule has 5 aromatic rings. The Bertz CT molecular complexity index is 1360. The molecule has 0 aliphatic heterocycles. The van der Waals surface area contributed by atoms with E-state index in [0.717, 1.165) is 28.8 Å². The van der Waals surface area contributed by atoms with Crippen LogP contribution in [0.2, 0.25) is 0 Å². The summed E-state index contributed by atoms with van der Waals surface area (Å²) in [7, 11) is 0. The highest BCUT2D eigenvalue weighted by Crippen LogP contribution is 2.27. The largest absolute Gasteiger partial charge is 0.507 e. The van der Waals surface area contributed by atoms with E-state index in [4.69, 9.17) is 4.42 Å². The molecule has 0 atom stereocenters. The van der Waals surface area contributed by atoms with Crippen LogP contribution in [0.4, 0.5) is 5.69 Å². The standard InChI is InChI=1S/C26H19N3O2/c30-24-10-8-19(13-18-5-2-1-3-6-18)14-21(24)17-28-22-9-11-25-23(15-22)29-26(31-25)20-7-4-12-27-16-20/h1-12,14-17,30H,13H2. The number of oxazole rings is 1. The number of aromatic hydroxyl groups is 1. The van der Waals surface area contributed by atoms with Gasteiger partial charge in [0.1, 0.15) is 11.3 Å². The maximum Gasteiger partial charge on any atom is 0.228 e. The molecule has 0 saturated heterocycles. The second-order valence-electron chi connectivity index (χ2n) is 7.23. The smallest absolute Gasteiger partial charge is 0.228 e. The van der Waals surface area contributed by atoms with Gasteiger partial charge in [-0.2, -0.15) is 0 Å². The highest BCUT2D eigenvalue weighted by atomic mass is 16.3. The number of rotatable bonds is 5. The number of nitrogens with zero attached hydrogens (tertiary/aromatic N) is 3. The van der Waals surface area contributed by atoms with Crippen molar-refractivity contribution in [3.63, 3.8) is 0 Å². The molecule has 2 aromatic heterocycles. The summed E-state index contributed by atoms with van der Waals surface area (Å²) >= 11 is 0. The van der Waals surface area contributed by atoms with Crippen molar-refractivity contribution in [2.24, 2.45) is 4.99 Å². The number of aromatic nitrogens is 2. The van der Waals surface area contributed by atoms with Gasteiger partial charge in [-0.05, 0) is 60.0 Å². The van der Waals surface area contributed by atoms with Crippen LogP contribution in [0.25, 0.3) is 22.6 Å². The Hall–Kier alpha value is -4.25. The van der Waals surface area contributed by atoms with E-state index in [1.807, 2.05) is 60.7 Å². The van der Waals surface area contributed by atoms with E-state index in [1.165, 1.54) is 5.56 Å². The van der Waals surface area contributed by atoms with E-state index in [0.29, 0.717) is 17.0 Å². The molecular weight excluding hydrogens is 386 g/mol. The summed E-state index contributed by atoms with van der Waals surface area (Å²) in [6.45, 7) is 0. The molecule has 3 aromatic carbocycles. The van der Waals surface area contributed by atoms with Crippen molar-refractivity contribution in [1.82, 2.24) is 9.97 Å². The minimum atomic E-state index is 0.196. The second-order valence-corrected chi connectivity index (χ2v) is 7.23. The van der Waals surface area contributed by atoms with Gasteiger partial charge in [0, 0.05) is 24.2 Å². The number of benzene rings is 3. The van der Waals surface area contributed by atoms with Gasteiger partial charge in [0.25, 0.3) is 0 Å². The van der Waals surface area contributed by atoms with E-state index in [2.05, 4.69) is 27.1 Å². The maximum atomic E-state index is 10.3. The van der Waals surface area contributed by atoms with Gasteiger partial charge < -0.3 is 9.52 Å². The Labute approximate surface area is 179 Å². The third kappa shape index (κ3) is 4.21. The molecule has 2 heterocycles. The van der Waals surface area contributed by atoms with Crippen molar-refractivity contribution >= 4 is 23.0 Å². The van der Waals surface area contributed by atoms with E-state index in [9.17, 15) is 5.11 Å². The highest BCUT2D eigenvalue weighted by Gasteiger charge is 2.09. The molecule has 0 amide bonds. The minimum absolute atomic E-state index is 0.196. The molecule has 5 nitrogen and oxygen atoms in total. The lowest BCUT2D eigenvalue weighted by Gasteiger charge is -2.05. The Morgan fingerprint density at radius 3 is 2.65 bits per heavy atom. The van der Waals surface area contributed by atoms with Crippen LogP contribution < -0.4 is 0 Å². The molecule has 150 valence electrons. The van der Waals surface area contributed by atoms with Gasteiger partial charge in [-0.1, -0.05) is 36.4 Å². The molecule has 0 radical (unpaired) electrons. The predicted octanol–water partition coefficient (Wildman–Crippen LogP) is 5.94. The Morgan fingerprint density at radius 2 is 1.81 bits per heavy atom. The number of fused-ring (bicyclic) bond motifs is 1. The topological polar surface area (TPSA) is 71.5 Å². The monoisotopic (exact) mass is 405 g/mol. The van der Waals surface area contributed by atoms with Gasteiger partial charge in [0.2, 0.25) is 5.89 Å². The minimum Gasteiger partial charge on any atom is -0.507 e. The summed E-state index contributed by atoms with van der Waals surface area (Å²) in [5.74, 6) is 0.720. The Morgan fingerprint density at radius 1 is 0.903 bits per heavy atom. The first-order chi connectivity index (χ1) is 15.2. The number of hydrogen-bond acceptors (Lipinski definition) is 5. The Balaban J connectivity index is 1.40. The third-order valence-electron chi connectivity index (χ3n) is 4.98. The summed E-state index contributed by atoms with van der Waals surface area (Å²) in [4.78, 5) is 13.2. The number of hydrogen-bond donors (Lipinski definition) is 1. The fourth-order valence-corrected chi connectivity index (χ4v) is 3.40. The SMILES string of the molecule is Oc1ccc(Cc2ccccc2)cc1C=Nc1ccc2oc(-c3cccnc3)nc2c1. The van der Waals surface area contributed by atoms with Crippen molar-refractivity contribution in [3.05, 3.63) is 108 Å². The molecule has 31 heavy (non-hydrogen) atoms. The van der Waals surface area contributed by atoms with Crippen LogP contribution in [0, 0.1) is 0 Å². The summed E-state index contributed by atoms with van der Waals surface area (Å²) in [5, 5.41) is 10.3. The number of pyridine rings is 1. The van der Waals surface area contributed by atoms with Gasteiger partial charge in [-0.15, -0.1) is 0 Å². The molecule has 0 bridgehead atoms. The number of aliphatic imine (C=N–C) groups is 1. The highest BCUT2D eigenvalue weighted by molar-refractivity contribution is 5.87. The maximum absolute atomic E-state index is 10.3. The lowest BCUT2D eigenvalue weighted by Crippen LogP contribution is -1.91. The lowest BCUT2D eigenvalue weighted by atomic mass is 10.0. The molecule has 0 saturated carbocycles. The lowest BCUT2D eigenvalue weighted by molar-refractivity contribution is 0.474. The molecule has 0 fully saturated rings. The van der Waals surface area contributed by atoms with E-state index in [-0.39, 0.29) is 5.75 Å². The summed E-state index contributed by atoms with van der Waals surface area (Å²) in [5.41, 5.74) is 5.96. The first-order valence-corrected chi connectivity index (χ1v) is 9.95. The van der Waals surface area contributed by atoms with Gasteiger partial charge in [0.15, 0.2) is 5.58 Å². The molecule has 1 N–H and O–H groups in total. The molecule has 5 heteroatoms. The van der Waals surface area contributed by atoms with E-state index in [1.54, 1.807) is 24.7 Å². The van der Waals surface area contributed by atoms with Crippen molar-refractivity contribution in [2.45, 2.75) is 6.42 Å². The van der Waals surface area contributed by atoms with Crippen molar-refractivity contribution in [2.75, 3.05) is 0 Å². The van der Waals surface area contributed by atoms with Crippen molar-refractivity contribution in [3.8, 4) is 17.2 Å². The van der Waals surface area contributed by atoms with Gasteiger partial charge >= 0.3 is 0 Å². The first kappa shape index (κ1) is 18.8. The van der Waals surface area contributed by atoms with E-state index >= 15 is 0 Å². The van der Waals surface area contributed by atoms with Gasteiger partial charge in [-0.25, -0.2) is 4.98 Å². The van der Waals surface area contributed by atoms with Crippen LogP contribution >= 0.6 is 0 Å². The van der Waals surface area contributed by atoms with Gasteiger partial charge in [0.05, 0.1) is 11.3 Å². The zero-order valence-corrected chi connectivity index (χ0v) is 16.6. The summed E-state index contributed by atoms with van der Waals surface area (Å²) in [6.07, 6.45) is 5.90. The number of phenolic OH excluding ortho intramolecular Hbond substituents is 1. The molecule has 0 aliphatic carbocycles. The normalized spacial score (nSPS) is 11.4. The van der Waals surface area contributed by atoms with Crippen LogP contribution in [0.1, 0.15) is 16.7 Å². The average molecular weight is 405 g/mol. The van der Waals surface area contributed by atoms with Crippen molar-refractivity contribution < 1.29 is 9.52 Å². The predicted molar refractivity (Wildman–Crippen MR) is 122 cm³/mol. The average Bonchev–Trinajstić information content (AvgIpc) is 3.24. The Kier molecular flexibility index (Phi) is 4.99. The van der Waals surface area contributed by atoms with Crippen LogP contribution in [0.3, 0.4) is 0 Å². The fraction of sp³-hybridized carbons (Fsp3) is 0.0385. The second kappa shape index (κ2) is 8.24. The molecule has 0 unspecified atom stereocenters. The summed E-state index contributed by atoms with van der Waals surface area (Å²) in [6, 6.07) is 25.2. The summed E-state index contributed by atoms with van der Waals surface area (Å²) < 4.78 is 5.82. The zero-order chi connectivity index (χ0) is 21.0. The first-order valence-electron chi connectivity index (χ1n) is 9.95. The van der Waals surface area contributed by atoms with Gasteiger partial charge in [-0.3, -0.25) is 9.98 Å². The van der Waals surface area contributed by atoms with Crippen LogP contribution in [0.5, 0.6) is 5.75 Å². The molecule has 0 aliphatic rings.